The highest BCUT2D eigenvalue weighted by atomic mass is 16.4. The number of carbonyl (C=O) groups is 2. The molecular formula is C15H19NO4. The fourth-order valence-corrected chi connectivity index (χ4v) is 2.60. The van der Waals surface area contributed by atoms with Crippen LogP contribution in [-0.2, 0) is 4.79 Å². The lowest BCUT2D eigenvalue weighted by Crippen LogP contribution is -2.35. The lowest BCUT2D eigenvalue weighted by Gasteiger charge is -2.32. The van der Waals surface area contributed by atoms with E-state index >= 15 is 0 Å². The standard InChI is InChI=1S/C15H19NO4/c1-15(7-3-2-4-8-15)14(20)16-11-6-5-10(13(18)19)9-12(11)17/h5-6,9,17H,2-4,7-8H2,1H3,(H,16,20)(H,18,19). The van der Waals surface area contributed by atoms with Gasteiger partial charge in [-0.05, 0) is 31.0 Å². The number of hydrogen-bond acceptors (Lipinski definition) is 3. The van der Waals surface area contributed by atoms with Gasteiger partial charge in [0.05, 0.1) is 11.3 Å². The summed E-state index contributed by atoms with van der Waals surface area (Å²) in [4.78, 5) is 23.1. The molecule has 1 saturated carbocycles. The van der Waals surface area contributed by atoms with Crippen LogP contribution < -0.4 is 5.32 Å². The van der Waals surface area contributed by atoms with Crippen molar-refractivity contribution in [1.29, 1.82) is 0 Å². The van der Waals surface area contributed by atoms with Crippen LogP contribution in [0.1, 0.15) is 49.4 Å². The zero-order chi connectivity index (χ0) is 14.8. The van der Waals surface area contributed by atoms with Gasteiger partial charge in [0.1, 0.15) is 5.75 Å². The van der Waals surface area contributed by atoms with E-state index < -0.39 is 11.4 Å². The third-order valence-electron chi connectivity index (χ3n) is 4.00. The molecule has 2 rings (SSSR count). The lowest BCUT2D eigenvalue weighted by atomic mass is 9.75. The third-order valence-corrected chi connectivity index (χ3v) is 4.00. The van der Waals surface area contributed by atoms with Gasteiger partial charge < -0.3 is 15.5 Å². The molecule has 0 saturated heterocycles. The molecule has 0 aromatic heterocycles. The largest absolute Gasteiger partial charge is 0.506 e. The fourth-order valence-electron chi connectivity index (χ4n) is 2.60. The van der Waals surface area contributed by atoms with Crippen molar-refractivity contribution in [3.05, 3.63) is 23.8 Å². The van der Waals surface area contributed by atoms with Crippen LogP contribution in [0.2, 0.25) is 0 Å². The quantitative estimate of drug-likeness (QED) is 0.741. The molecule has 5 heteroatoms. The Morgan fingerprint density at radius 1 is 1.20 bits per heavy atom. The Hall–Kier alpha value is -2.04. The summed E-state index contributed by atoms with van der Waals surface area (Å²) in [7, 11) is 0. The highest BCUT2D eigenvalue weighted by Crippen LogP contribution is 2.37. The average Bonchev–Trinajstić information content (AvgIpc) is 2.41. The van der Waals surface area contributed by atoms with Gasteiger partial charge in [-0.15, -0.1) is 0 Å². The predicted octanol–water partition coefficient (Wildman–Crippen LogP) is 3.00. The Labute approximate surface area is 117 Å². The van der Waals surface area contributed by atoms with Crippen LogP contribution in [0.4, 0.5) is 5.69 Å². The molecule has 20 heavy (non-hydrogen) atoms. The minimum absolute atomic E-state index is 0.00984. The maximum atomic E-state index is 12.3. The summed E-state index contributed by atoms with van der Waals surface area (Å²) >= 11 is 0. The van der Waals surface area contributed by atoms with E-state index in [0.717, 1.165) is 38.2 Å². The van der Waals surface area contributed by atoms with Crippen LogP contribution in [0.25, 0.3) is 0 Å². The molecule has 0 heterocycles. The van der Waals surface area contributed by atoms with Crippen LogP contribution in [0.15, 0.2) is 18.2 Å². The average molecular weight is 277 g/mol. The summed E-state index contributed by atoms with van der Waals surface area (Å²) in [5, 5.41) is 21.3. The normalized spacial score (nSPS) is 17.4. The van der Waals surface area contributed by atoms with E-state index in [1.54, 1.807) is 0 Å². The molecule has 1 amide bonds. The van der Waals surface area contributed by atoms with Crippen molar-refractivity contribution in [2.75, 3.05) is 5.32 Å². The van der Waals surface area contributed by atoms with Crippen molar-refractivity contribution in [2.24, 2.45) is 5.41 Å². The van der Waals surface area contributed by atoms with E-state index in [4.69, 9.17) is 5.11 Å². The Kier molecular flexibility index (Phi) is 3.97. The van der Waals surface area contributed by atoms with Crippen LogP contribution in [0.5, 0.6) is 5.75 Å². The lowest BCUT2D eigenvalue weighted by molar-refractivity contribution is -0.126. The number of amides is 1. The zero-order valence-corrected chi connectivity index (χ0v) is 11.5. The number of phenols is 1. The molecule has 1 aliphatic carbocycles. The highest BCUT2D eigenvalue weighted by molar-refractivity contribution is 5.97. The maximum Gasteiger partial charge on any atom is 0.335 e. The molecule has 1 aliphatic rings. The number of carboxylic acids is 1. The SMILES string of the molecule is CC1(C(=O)Nc2ccc(C(=O)O)cc2O)CCCCC1. The second-order valence-corrected chi connectivity index (χ2v) is 5.61. The van der Waals surface area contributed by atoms with Crippen molar-refractivity contribution in [3.63, 3.8) is 0 Å². The predicted molar refractivity (Wildman–Crippen MR) is 74.9 cm³/mol. The summed E-state index contributed by atoms with van der Waals surface area (Å²) in [6.45, 7) is 1.93. The van der Waals surface area contributed by atoms with E-state index in [1.807, 2.05) is 6.92 Å². The van der Waals surface area contributed by atoms with Gasteiger partial charge in [0, 0.05) is 5.41 Å². The molecule has 0 spiro atoms. The fraction of sp³-hybridized carbons (Fsp3) is 0.467. The van der Waals surface area contributed by atoms with E-state index in [0.29, 0.717) is 0 Å². The molecule has 0 aliphatic heterocycles. The van der Waals surface area contributed by atoms with Gasteiger partial charge in [-0.25, -0.2) is 4.79 Å². The third kappa shape index (κ3) is 2.92. The first-order chi connectivity index (χ1) is 9.42. The van der Waals surface area contributed by atoms with Crippen LogP contribution in [-0.4, -0.2) is 22.1 Å². The number of rotatable bonds is 3. The summed E-state index contributed by atoms with van der Waals surface area (Å²) in [5.74, 6) is -1.45. The van der Waals surface area contributed by atoms with Crippen molar-refractivity contribution in [1.82, 2.24) is 0 Å². The Bertz CT molecular complexity index is 533. The van der Waals surface area contributed by atoms with E-state index in [-0.39, 0.29) is 22.9 Å². The topological polar surface area (TPSA) is 86.6 Å². The molecule has 0 bridgehead atoms. The van der Waals surface area contributed by atoms with Crippen molar-refractivity contribution < 1.29 is 19.8 Å². The van der Waals surface area contributed by atoms with Gasteiger partial charge >= 0.3 is 5.97 Å². The molecular weight excluding hydrogens is 258 g/mol. The van der Waals surface area contributed by atoms with Crippen molar-refractivity contribution >= 4 is 17.6 Å². The van der Waals surface area contributed by atoms with E-state index in [9.17, 15) is 14.7 Å². The summed E-state index contributed by atoms with van der Waals surface area (Å²) in [6.07, 6.45) is 4.91. The molecule has 0 atom stereocenters. The molecule has 108 valence electrons. The maximum absolute atomic E-state index is 12.3. The van der Waals surface area contributed by atoms with E-state index in [1.165, 1.54) is 12.1 Å². The van der Waals surface area contributed by atoms with E-state index in [2.05, 4.69) is 5.32 Å². The van der Waals surface area contributed by atoms with Crippen molar-refractivity contribution in [3.8, 4) is 5.75 Å². The first-order valence-corrected chi connectivity index (χ1v) is 6.80. The number of hydrogen-bond donors (Lipinski definition) is 3. The molecule has 0 unspecified atom stereocenters. The Morgan fingerprint density at radius 3 is 2.40 bits per heavy atom. The Morgan fingerprint density at radius 2 is 1.85 bits per heavy atom. The first kappa shape index (κ1) is 14.4. The van der Waals surface area contributed by atoms with Gasteiger partial charge in [0.15, 0.2) is 0 Å². The second-order valence-electron chi connectivity index (χ2n) is 5.61. The number of aromatic carboxylic acids is 1. The molecule has 0 radical (unpaired) electrons. The number of benzene rings is 1. The molecule has 1 aromatic carbocycles. The van der Waals surface area contributed by atoms with Crippen LogP contribution in [0, 0.1) is 5.41 Å². The number of carbonyl (C=O) groups excluding carboxylic acids is 1. The number of aromatic hydroxyl groups is 1. The monoisotopic (exact) mass is 277 g/mol. The Balaban J connectivity index is 2.13. The smallest absolute Gasteiger partial charge is 0.335 e. The van der Waals surface area contributed by atoms with Crippen LogP contribution in [0.3, 0.4) is 0 Å². The minimum atomic E-state index is -1.11. The van der Waals surface area contributed by atoms with Crippen molar-refractivity contribution in [2.45, 2.75) is 39.0 Å². The van der Waals surface area contributed by atoms with Gasteiger partial charge in [-0.3, -0.25) is 4.79 Å². The highest BCUT2D eigenvalue weighted by Gasteiger charge is 2.34. The van der Waals surface area contributed by atoms with Gasteiger partial charge in [-0.1, -0.05) is 26.2 Å². The summed E-state index contributed by atoms with van der Waals surface area (Å²) in [5.41, 5.74) is -0.160. The summed E-state index contributed by atoms with van der Waals surface area (Å²) in [6, 6.07) is 3.92. The minimum Gasteiger partial charge on any atom is -0.506 e. The van der Waals surface area contributed by atoms with Crippen LogP contribution >= 0.6 is 0 Å². The van der Waals surface area contributed by atoms with Gasteiger partial charge in [0.2, 0.25) is 5.91 Å². The number of anilines is 1. The number of nitrogens with one attached hydrogen (secondary N) is 1. The number of phenolic OH excluding ortho intramolecular Hbond substituents is 1. The molecule has 1 fully saturated rings. The van der Waals surface area contributed by atoms with Gasteiger partial charge in [-0.2, -0.15) is 0 Å². The first-order valence-electron chi connectivity index (χ1n) is 6.80. The second kappa shape index (κ2) is 5.53. The number of carboxylic acid groups (broad SMARTS) is 1. The van der Waals surface area contributed by atoms with Gasteiger partial charge in [0.25, 0.3) is 0 Å². The molecule has 5 nitrogen and oxygen atoms in total. The molecule has 3 N–H and O–H groups in total. The molecule has 1 aromatic rings. The summed E-state index contributed by atoms with van der Waals surface area (Å²) < 4.78 is 0. The zero-order valence-electron chi connectivity index (χ0n) is 11.5.